The van der Waals surface area contributed by atoms with E-state index in [0.29, 0.717) is 0 Å². The summed E-state index contributed by atoms with van der Waals surface area (Å²) in [5.74, 6) is 0. The molecule has 3 nitrogen and oxygen atoms in total. The Morgan fingerprint density at radius 1 is 1.23 bits per heavy atom. The van der Waals surface area contributed by atoms with Crippen molar-refractivity contribution in [1.82, 2.24) is 15.2 Å². The van der Waals surface area contributed by atoms with Gasteiger partial charge in [-0.2, -0.15) is 5.10 Å². The minimum Gasteiger partial charge on any atom is -0.418 e. The second-order valence-electron chi connectivity index (χ2n) is 3.75. The van der Waals surface area contributed by atoms with Crippen molar-refractivity contribution in [3.8, 4) is 11.4 Å². The van der Waals surface area contributed by atoms with Crippen LogP contribution in [0.1, 0.15) is 19.5 Å². The number of hydrogen-bond donors (Lipinski definition) is 1. The van der Waals surface area contributed by atoms with Crippen LogP contribution in [0.5, 0.6) is 0 Å². The van der Waals surface area contributed by atoms with Gasteiger partial charge in [0.05, 0.1) is 5.69 Å². The summed E-state index contributed by atoms with van der Waals surface area (Å²) in [5, 5.41) is 7.13. The van der Waals surface area contributed by atoms with Crippen LogP contribution in [-0.4, -0.2) is 22.4 Å². The molecule has 2 aromatic rings. The molecule has 0 amide bonds. The van der Waals surface area contributed by atoms with Crippen LogP contribution in [0.25, 0.3) is 11.4 Å². The molecule has 0 atom stereocenters. The van der Waals surface area contributed by atoms with E-state index in [9.17, 15) is 17.3 Å². The molecule has 0 aromatic carbocycles. The minimum atomic E-state index is -6.00. The summed E-state index contributed by atoms with van der Waals surface area (Å²) in [6, 6.07) is 7.84. The van der Waals surface area contributed by atoms with Gasteiger partial charge in [-0.1, -0.05) is 19.1 Å². The second-order valence-corrected chi connectivity index (χ2v) is 3.75. The van der Waals surface area contributed by atoms with Gasteiger partial charge in [0.1, 0.15) is 5.69 Å². The molecule has 2 rings (SSSR count). The summed E-state index contributed by atoms with van der Waals surface area (Å²) in [5.41, 5.74) is 2.97. The SMILES string of the molecule is C=CC.CCc1cc(-c2ccccn2)n[nH]1.F[B-](F)(F)F.[Pd]. The Morgan fingerprint density at radius 3 is 2.14 bits per heavy atom. The molecule has 0 fully saturated rings. The Hall–Kier alpha value is -1.45. The van der Waals surface area contributed by atoms with Crippen LogP contribution in [0.3, 0.4) is 0 Å². The van der Waals surface area contributed by atoms with E-state index in [1.165, 1.54) is 0 Å². The maximum absolute atomic E-state index is 9.75. The molecular formula is C13H17BF4N3Pd-. The molecule has 0 spiro atoms. The Bertz CT molecular complexity index is 512. The van der Waals surface area contributed by atoms with Crippen molar-refractivity contribution in [2.45, 2.75) is 20.3 Å². The van der Waals surface area contributed by atoms with Gasteiger partial charge in [0.15, 0.2) is 0 Å². The number of allylic oxidation sites excluding steroid dienone is 1. The molecule has 0 aliphatic heterocycles. The third-order valence-corrected chi connectivity index (χ3v) is 1.94. The zero-order valence-corrected chi connectivity index (χ0v) is 13.7. The number of H-pyrrole nitrogens is 1. The topological polar surface area (TPSA) is 41.6 Å². The molecule has 2 aromatic heterocycles. The molecule has 1 N–H and O–H groups in total. The van der Waals surface area contributed by atoms with Crippen LogP contribution in [-0.2, 0) is 26.8 Å². The first-order valence-corrected chi connectivity index (χ1v) is 6.21. The van der Waals surface area contributed by atoms with Gasteiger partial charge in [0.2, 0.25) is 0 Å². The summed E-state index contributed by atoms with van der Waals surface area (Å²) < 4.78 is 39.0. The summed E-state index contributed by atoms with van der Waals surface area (Å²) in [4.78, 5) is 4.21. The zero-order chi connectivity index (χ0) is 16.3. The zero-order valence-electron chi connectivity index (χ0n) is 12.2. The number of halogens is 4. The van der Waals surface area contributed by atoms with Crippen LogP contribution in [0.2, 0.25) is 0 Å². The van der Waals surface area contributed by atoms with Gasteiger partial charge >= 0.3 is 7.25 Å². The first-order valence-electron chi connectivity index (χ1n) is 6.21. The molecule has 22 heavy (non-hydrogen) atoms. The van der Waals surface area contributed by atoms with Crippen molar-refractivity contribution in [3.63, 3.8) is 0 Å². The van der Waals surface area contributed by atoms with Gasteiger partial charge in [-0.05, 0) is 31.5 Å². The number of aromatic nitrogens is 3. The van der Waals surface area contributed by atoms with E-state index >= 15 is 0 Å². The van der Waals surface area contributed by atoms with Gasteiger partial charge in [0.25, 0.3) is 0 Å². The summed E-state index contributed by atoms with van der Waals surface area (Å²) in [6.45, 7) is 7.34. The van der Waals surface area contributed by atoms with E-state index in [1.54, 1.807) is 12.3 Å². The largest absolute Gasteiger partial charge is 0.673 e. The van der Waals surface area contributed by atoms with Crippen molar-refractivity contribution in [2.75, 3.05) is 0 Å². The molecule has 2 heterocycles. The van der Waals surface area contributed by atoms with Gasteiger partial charge in [0, 0.05) is 32.3 Å². The van der Waals surface area contributed by atoms with Crippen molar-refractivity contribution in [1.29, 1.82) is 0 Å². The van der Waals surface area contributed by atoms with E-state index in [1.807, 2.05) is 31.2 Å². The molecule has 126 valence electrons. The second kappa shape index (κ2) is 12.1. The molecule has 0 radical (unpaired) electrons. The van der Waals surface area contributed by atoms with E-state index in [0.717, 1.165) is 23.5 Å². The molecule has 0 aliphatic carbocycles. The predicted molar refractivity (Wildman–Crippen MR) is 77.3 cm³/mol. The summed E-state index contributed by atoms with van der Waals surface area (Å²) in [6.07, 6.45) is 4.50. The molecule has 0 saturated heterocycles. The van der Waals surface area contributed by atoms with Crippen LogP contribution in [0.4, 0.5) is 17.3 Å². The standard InChI is InChI=1S/C10H11N3.C3H6.BF4.Pd/c1-2-8-7-10(13-12-8)9-5-3-4-6-11-9;1-3-2;2-1(3,4)5;/h3-7H,2H2,1H3,(H,12,13);3H,1H2,2H3;;/q;;-1;. The third kappa shape index (κ3) is 12.3. The molecule has 9 heteroatoms. The van der Waals surface area contributed by atoms with Crippen molar-refractivity contribution in [3.05, 3.63) is 48.8 Å². The fourth-order valence-electron chi connectivity index (χ4n) is 1.19. The van der Waals surface area contributed by atoms with Gasteiger partial charge < -0.3 is 17.3 Å². The number of aryl methyl sites for hydroxylation is 1. The van der Waals surface area contributed by atoms with Gasteiger partial charge in [-0.3, -0.25) is 10.1 Å². The summed E-state index contributed by atoms with van der Waals surface area (Å²) in [7, 11) is -6.00. The van der Waals surface area contributed by atoms with Crippen molar-refractivity contribution in [2.24, 2.45) is 0 Å². The fourth-order valence-corrected chi connectivity index (χ4v) is 1.19. The monoisotopic (exact) mass is 408 g/mol. The molecular weight excluding hydrogens is 391 g/mol. The average Bonchev–Trinajstić information content (AvgIpc) is 2.87. The Labute approximate surface area is 141 Å². The number of nitrogens with one attached hydrogen (secondary N) is 1. The maximum atomic E-state index is 9.75. The number of hydrogen-bond acceptors (Lipinski definition) is 2. The van der Waals surface area contributed by atoms with Crippen LogP contribution >= 0.6 is 0 Å². The first kappa shape index (κ1) is 22.8. The number of rotatable bonds is 2. The third-order valence-electron chi connectivity index (χ3n) is 1.94. The number of aromatic amines is 1. The van der Waals surface area contributed by atoms with Gasteiger partial charge in [-0.15, -0.1) is 6.58 Å². The van der Waals surface area contributed by atoms with Crippen molar-refractivity contribution >= 4 is 7.25 Å². The Morgan fingerprint density at radius 2 is 1.77 bits per heavy atom. The number of nitrogens with zero attached hydrogens (tertiary/aromatic N) is 2. The predicted octanol–water partition coefficient (Wildman–Crippen LogP) is 4.52. The molecule has 0 aliphatic rings. The van der Waals surface area contributed by atoms with Gasteiger partial charge in [-0.25, -0.2) is 0 Å². The van der Waals surface area contributed by atoms with Crippen molar-refractivity contribution < 1.29 is 37.7 Å². The normalized spacial score (nSPS) is 9.36. The minimum absolute atomic E-state index is 0. The van der Waals surface area contributed by atoms with Crippen LogP contribution in [0.15, 0.2) is 43.1 Å². The molecule has 0 bridgehead atoms. The fraction of sp³-hybridized carbons (Fsp3) is 0.231. The first-order chi connectivity index (χ1) is 9.81. The smallest absolute Gasteiger partial charge is 0.418 e. The quantitative estimate of drug-likeness (QED) is 0.451. The van der Waals surface area contributed by atoms with Crippen LogP contribution < -0.4 is 0 Å². The molecule has 0 saturated carbocycles. The Balaban J connectivity index is 0. The van der Waals surface area contributed by atoms with E-state index in [-0.39, 0.29) is 20.4 Å². The van der Waals surface area contributed by atoms with E-state index < -0.39 is 7.25 Å². The summed E-state index contributed by atoms with van der Waals surface area (Å²) >= 11 is 0. The van der Waals surface area contributed by atoms with E-state index in [2.05, 4.69) is 28.7 Å². The van der Waals surface area contributed by atoms with Crippen LogP contribution in [0, 0.1) is 0 Å². The average molecular weight is 409 g/mol. The maximum Gasteiger partial charge on any atom is 0.673 e. The Kier molecular flexibility index (Phi) is 12.6. The number of pyridine rings is 1. The van der Waals surface area contributed by atoms with E-state index in [4.69, 9.17) is 0 Å². The molecule has 0 unspecified atom stereocenters.